The fraction of sp³-hybridized carbons (Fsp3) is 0.391. The summed E-state index contributed by atoms with van der Waals surface area (Å²) in [6.45, 7) is 3.20. The van der Waals surface area contributed by atoms with Gasteiger partial charge in [-0.2, -0.15) is 0 Å². The summed E-state index contributed by atoms with van der Waals surface area (Å²) >= 11 is 5.75. The highest BCUT2D eigenvalue weighted by Gasteiger charge is 2.27. The number of hydrogen-bond acceptors (Lipinski definition) is 3. The summed E-state index contributed by atoms with van der Waals surface area (Å²) in [7, 11) is 0. The van der Waals surface area contributed by atoms with Gasteiger partial charge in [0.05, 0.1) is 11.7 Å². The minimum atomic E-state index is -0.556. The minimum Gasteiger partial charge on any atom is -0.353 e. The quantitative estimate of drug-likeness (QED) is 0.696. The van der Waals surface area contributed by atoms with Crippen LogP contribution < -0.4 is 10.6 Å². The summed E-state index contributed by atoms with van der Waals surface area (Å²) in [4.78, 5) is 26.8. The van der Waals surface area contributed by atoms with Crippen LogP contribution >= 0.6 is 11.6 Å². The number of amides is 2. The highest BCUT2D eigenvalue weighted by Crippen LogP contribution is 2.20. The summed E-state index contributed by atoms with van der Waals surface area (Å²) in [6.07, 6.45) is 2.76. The number of nitrogens with one attached hydrogen (secondary N) is 2. The van der Waals surface area contributed by atoms with E-state index in [-0.39, 0.29) is 28.6 Å². The van der Waals surface area contributed by atoms with Crippen molar-refractivity contribution in [1.29, 1.82) is 0 Å². The third-order valence-electron chi connectivity index (χ3n) is 5.49. The van der Waals surface area contributed by atoms with Gasteiger partial charge < -0.3 is 10.6 Å². The molecule has 5 nitrogen and oxygen atoms in total. The average molecular weight is 432 g/mol. The summed E-state index contributed by atoms with van der Waals surface area (Å²) < 4.78 is 13.9. The molecule has 0 saturated carbocycles. The van der Waals surface area contributed by atoms with Crippen molar-refractivity contribution in [3.05, 3.63) is 64.9 Å². The lowest BCUT2D eigenvalue weighted by atomic mass is 10.0. The smallest absolute Gasteiger partial charge is 0.241 e. The van der Waals surface area contributed by atoms with Crippen molar-refractivity contribution in [3.63, 3.8) is 0 Å². The normalized spacial score (nSPS) is 16.1. The second-order valence-electron chi connectivity index (χ2n) is 7.65. The summed E-state index contributed by atoms with van der Waals surface area (Å²) in [5, 5.41) is 6.01. The first-order valence-corrected chi connectivity index (χ1v) is 10.6. The van der Waals surface area contributed by atoms with E-state index >= 15 is 0 Å². The molecule has 1 aliphatic rings. The molecule has 1 atom stereocenters. The summed E-state index contributed by atoms with van der Waals surface area (Å²) in [5.41, 5.74) is 1.27. The zero-order valence-corrected chi connectivity index (χ0v) is 17.8. The molecule has 0 radical (unpaired) electrons. The van der Waals surface area contributed by atoms with E-state index in [9.17, 15) is 14.0 Å². The number of halogens is 2. The molecule has 0 spiro atoms. The van der Waals surface area contributed by atoms with Gasteiger partial charge in [0.15, 0.2) is 0 Å². The number of rotatable bonds is 7. The molecule has 1 aliphatic heterocycles. The summed E-state index contributed by atoms with van der Waals surface area (Å²) in [6, 6.07) is 13.9. The number of carbonyl (C=O) groups is 2. The molecule has 2 amide bonds. The van der Waals surface area contributed by atoms with Gasteiger partial charge in [-0.25, -0.2) is 4.39 Å². The molecular formula is C23H27ClFN3O2. The molecule has 160 valence electrons. The van der Waals surface area contributed by atoms with Gasteiger partial charge in [-0.05, 0) is 49.9 Å². The lowest BCUT2D eigenvalue weighted by Gasteiger charge is -2.35. The molecule has 1 unspecified atom stereocenters. The van der Waals surface area contributed by atoms with E-state index in [4.69, 9.17) is 11.6 Å². The third kappa shape index (κ3) is 6.28. The first-order chi connectivity index (χ1) is 14.4. The third-order valence-corrected chi connectivity index (χ3v) is 5.73. The molecule has 0 aliphatic carbocycles. The Kier molecular flexibility index (Phi) is 7.82. The first kappa shape index (κ1) is 22.2. The molecule has 1 heterocycles. The largest absolute Gasteiger partial charge is 0.353 e. The predicted molar refractivity (Wildman–Crippen MR) is 117 cm³/mol. The number of carbonyl (C=O) groups excluding carboxylic acids is 2. The van der Waals surface area contributed by atoms with Gasteiger partial charge in [0.25, 0.3) is 0 Å². The van der Waals surface area contributed by atoms with Gasteiger partial charge in [0.2, 0.25) is 11.8 Å². The van der Waals surface area contributed by atoms with E-state index in [0.29, 0.717) is 19.5 Å². The second-order valence-corrected chi connectivity index (χ2v) is 8.09. The van der Waals surface area contributed by atoms with Crippen LogP contribution in [0.1, 0.15) is 31.7 Å². The minimum absolute atomic E-state index is 0.0568. The molecule has 1 saturated heterocycles. The van der Waals surface area contributed by atoms with E-state index in [2.05, 4.69) is 15.5 Å². The van der Waals surface area contributed by atoms with Gasteiger partial charge >= 0.3 is 0 Å². The van der Waals surface area contributed by atoms with Crippen molar-refractivity contribution in [1.82, 2.24) is 10.2 Å². The number of aryl methyl sites for hydroxylation is 1. The molecule has 7 heteroatoms. The zero-order chi connectivity index (χ0) is 21.5. The van der Waals surface area contributed by atoms with Crippen LogP contribution in [0, 0.1) is 5.82 Å². The van der Waals surface area contributed by atoms with E-state index in [1.165, 1.54) is 18.2 Å². The molecular weight excluding hydrogens is 405 g/mol. The Bertz CT molecular complexity index is 870. The van der Waals surface area contributed by atoms with Gasteiger partial charge in [-0.3, -0.25) is 14.5 Å². The molecule has 2 aromatic carbocycles. The zero-order valence-electron chi connectivity index (χ0n) is 17.0. The summed E-state index contributed by atoms with van der Waals surface area (Å²) in [5.74, 6) is -0.761. The number of nitrogens with zero attached hydrogens (tertiary/aromatic N) is 1. The SMILES string of the molecule is CC(C(=O)Nc1ccc(Cl)cc1F)N1CCC(NC(=O)CCc2ccccc2)CC1. The molecule has 0 bridgehead atoms. The molecule has 1 fully saturated rings. The molecule has 2 aromatic rings. The first-order valence-electron chi connectivity index (χ1n) is 10.3. The van der Waals surface area contributed by atoms with Crippen molar-refractivity contribution in [2.24, 2.45) is 0 Å². The van der Waals surface area contributed by atoms with Crippen LogP contribution in [0.25, 0.3) is 0 Å². The van der Waals surface area contributed by atoms with Crippen molar-refractivity contribution in [3.8, 4) is 0 Å². The molecule has 30 heavy (non-hydrogen) atoms. The topological polar surface area (TPSA) is 61.4 Å². The Balaban J connectivity index is 1.41. The number of hydrogen-bond donors (Lipinski definition) is 2. The monoisotopic (exact) mass is 431 g/mol. The number of piperidine rings is 1. The van der Waals surface area contributed by atoms with Crippen LogP contribution in [0.3, 0.4) is 0 Å². The molecule has 0 aromatic heterocycles. The van der Waals surface area contributed by atoms with Crippen molar-refractivity contribution < 1.29 is 14.0 Å². The van der Waals surface area contributed by atoms with E-state index in [1.807, 2.05) is 37.3 Å². The maximum Gasteiger partial charge on any atom is 0.241 e. The van der Waals surface area contributed by atoms with E-state index < -0.39 is 11.9 Å². The van der Waals surface area contributed by atoms with Crippen LogP contribution in [0.2, 0.25) is 5.02 Å². The highest BCUT2D eigenvalue weighted by atomic mass is 35.5. The number of anilines is 1. The molecule has 3 rings (SSSR count). The van der Waals surface area contributed by atoms with Crippen LogP contribution in [-0.2, 0) is 16.0 Å². The van der Waals surface area contributed by atoms with Gasteiger partial charge in [-0.1, -0.05) is 41.9 Å². The van der Waals surface area contributed by atoms with Gasteiger partial charge in [0, 0.05) is 30.6 Å². The Morgan fingerprint density at radius 3 is 2.53 bits per heavy atom. The van der Waals surface area contributed by atoms with Gasteiger partial charge in [-0.15, -0.1) is 0 Å². The van der Waals surface area contributed by atoms with Crippen LogP contribution in [0.5, 0.6) is 0 Å². The Morgan fingerprint density at radius 1 is 1.17 bits per heavy atom. The number of benzene rings is 2. The van der Waals surface area contributed by atoms with Crippen molar-refractivity contribution in [2.45, 2.75) is 44.7 Å². The van der Waals surface area contributed by atoms with Crippen LogP contribution in [0.15, 0.2) is 48.5 Å². The second kappa shape index (κ2) is 10.5. The average Bonchev–Trinajstić information content (AvgIpc) is 2.75. The van der Waals surface area contributed by atoms with Crippen LogP contribution in [0.4, 0.5) is 10.1 Å². The maximum atomic E-state index is 13.9. The van der Waals surface area contributed by atoms with Gasteiger partial charge in [0.1, 0.15) is 5.82 Å². The van der Waals surface area contributed by atoms with Crippen molar-refractivity contribution >= 4 is 29.1 Å². The van der Waals surface area contributed by atoms with E-state index in [0.717, 1.165) is 24.8 Å². The number of likely N-dealkylation sites (tertiary alicyclic amines) is 1. The fourth-order valence-corrected chi connectivity index (χ4v) is 3.79. The van der Waals surface area contributed by atoms with Crippen molar-refractivity contribution in [2.75, 3.05) is 18.4 Å². The molecule has 2 N–H and O–H groups in total. The van der Waals surface area contributed by atoms with E-state index in [1.54, 1.807) is 0 Å². The lowest BCUT2D eigenvalue weighted by molar-refractivity contribution is -0.123. The maximum absolute atomic E-state index is 13.9. The highest BCUT2D eigenvalue weighted by molar-refractivity contribution is 6.30. The Labute approximate surface area is 181 Å². The fourth-order valence-electron chi connectivity index (χ4n) is 3.63. The predicted octanol–water partition coefficient (Wildman–Crippen LogP) is 4.02. The standard InChI is InChI=1S/C23H27ClFN3O2/c1-16(23(30)27-21-9-8-18(24)15-20(21)25)28-13-11-19(12-14-28)26-22(29)10-7-17-5-3-2-4-6-17/h2-6,8-9,15-16,19H,7,10-14H2,1H3,(H,26,29)(H,27,30). The lowest BCUT2D eigenvalue weighted by Crippen LogP contribution is -2.50. The Morgan fingerprint density at radius 2 is 1.87 bits per heavy atom. The Hall–Kier alpha value is -2.44. The van der Waals surface area contributed by atoms with Crippen LogP contribution in [-0.4, -0.2) is 41.9 Å².